The molecule has 2 atom stereocenters. The molecule has 1 N–H and O–H groups in total. The number of imidazole rings is 1. The zero-order chi connectivity index (χ0) is 23.1. The number of H-pyrrole nitrogens is 1. The lowest BCUT2D eigenvalue weighted by molar-refractivity contribution is 0.129. The summed E-state index contributed by atoms with van der Waals surface area (Å²) >= 11 is 18.6. The third kappa shape index (κ3) is 4.41. The highest BCUT2D eigenvalue weighted by Gasteiger charge is 2.36. The molecule has 4 aromatic rings. The van der Waals surface area contributed by atoms with Crippen molar-refractivity contribution in [2.75, 3.05) is 18.0 Å². The maximum Gasteiger partial charge on any atom is 0.226 e. The van der Waals surface area contributed by atoms with E-state index in [-0.39, 0.29) is 23.4 Å². The van der Waals surface area contributed by atoms with E-state index in [1.54, 1.807) is 6.33 Å². The minimum Gasteiger partial charge on any atom is -0.349 e. The molecule has 3 heterocycles. The molecule has 1 aliphatic heterocycles. The van der Waals surface area contributed by atoms with Crippen LogP contribution in [0.25, 0.3) is 11.2 Å². The summed E-state index contributed by atoms with van der Waals surface area (Å²) in [5.74, 6) is 0.788. The molecule has 170 valence electrons. The van der Waals surface area contributed by atoms with Crippen molar-refractivity contribution in [2.45, 2.75) is 32.0 Å². The van der Waals surface area contributed by atoms with E-state index >= 15 is 0 Å². The highest BCUT2D eigenvalue weighted by atomic mass is 35.5. The molecule has 0 amide bonds. The first-order valence-electron chi connectivity index (χ1n) is 10.8. The number of halogens is 3. The van der Waals surface area contributed by atoms with Gasteiger partial charge in [-0.15, -0.1) is 0 Å². The second-order valence-corrected chi connectivity index (χ2v) is 9.68. The fourth-order valence-electron chi connectivity index (χ4n) is 4.67. The van der Waals surface area contributed by atoms with Crippen LogP contribution in [-0.2, 0) is 0 Å². The number of anilines is 1. The third-order valence-corrected chi connectivity index (χ3v) is 6.92. The molecule has 1 aliphatic rings. The molecule has 0 unspecified atom stereocenters. The Kier molecular flexibility index (Phi) is 6.18. The summed E-state index contributed by atoms with van der Waals surface area (Å²) in [5.41, 5.74) is 3.76. The van der Waals surface area contributed by atoms with Gasteiger partial charge in [0.2, 0.25) is 5.28 Å². The number of benzene rings is 2. The minimum atomic E-state index is 0.0697. The second kappa shape index (κ2) is 9.11. The summed E-state index contributed by atoms with van der Waals surface area (Å²) in [4.78, 5) is 21.0. The van der Waals surface area contributed by atoms with Gasteiger partial charge in [-0.25, -0.2) is 4.98 Å². The van der Waals surface area contributed by atoms with E-state index in [1.165, 1.54) is 11.1 Å². The van der Waals surface area contributed by atoms with Crippen LogP contribution in [0.4, 0.5) is 5.82 Å². The molecular formula is C24H23Cl3N6. The van der Waals surface area contributed by atoms with Crippen LogP contribution >= 0.6 is 34.8 Å². The van der Waals surface area contributed by atoms with Crippen LogP contribution in [0.15, 0.2) is 54.9 Å². The van der Waals surface area contributed by atoms with Crippen LogP contribution in [0.2, 0.25) is 15.3 Å². The van der Waals surface area contributed by atoms with E-state index in [0.29, 0.717) is 5.65 Å². The number of aromatic amines is 1. The van der Waals surface area contributed by atoms with Crippen LogP contribution in [0.1, 0.15) is 31.0 Å². The smallest absolute Gasteiger partial charge is 0.226 e. The Hall–Kier alpha value is -2.38. The Morgan fingerprint density at radius 3 is 2.06 bits per heavy atom. The van der Waals surface area contributed by atoms with Crippen molar-refractivity contribution in [3.05, 3.63) is 81.3 Å². The lowest BCUT2D eigenvalue weighted by atomic mass is 9.93. The zero-order valence-electron chi connectivity index (χ0n) is 18.2. The largest absolute Gasteiger partial charge is 0.349 e. The van der Waals surface area contributed by atoms with E-state index in [2.05, 4.69) is 67.8 Å². The van der Waals surface area contributed by atoms with Crippen molar-refractivity contribution < 1.29 is 0 Å². The zero-order valence-corrected chi connectivity index (χ0v) is 20.5. The Bertz CT molecular complexity index is 1210. The molecule has 33 heavy (non-hydrogen) atoms. The molecular weight excluding hydrogens is 479 g/mol. The number of hydrogen-bond donors (Lipinski definition) is 1. The predicted molar refractivity (Wildman–Crippen MR) is 134 cm³/mol. The molecule has 2 aromatic carbocycles. The Morgan fingerprint density at radius 2 is 1.45 bits per heavy atom. The summed E-state index contributed by atoms with van der Waals surface area (Å²) in [7, 11) is 0. The molecule has 0 bridgehead atoms. The highest BCUT2D eigenvalue weighted by molar-refractivity contribution is 6.30. The molecule has 1 saturated heterocycles. The molecule has 6 nitrogen and oxygen atoms in total. The Labute approximate surface area is 207 Å². The first kappa shape index (κ1) is 22.4. The second-order valence-electron chi connectivity index (χ2n) is 8.47. The minimum absolute atomic E-state index is 0.0697. The quantitative estimate of drug-likeness (QED) is 0.347. The fraction of sp³-hybridized carbons (Fsp3) is 0.292. The van der Waals surface area contributed by atoms with Gasteiger partial charge in [0.05, 0.1) is 12.4 Å². The summed E-state index contributed by atoms with van der Waals surface area (Å²) in [6, 6.07) is 16.7. The standard InChI is InChI=1S/C24H23Cl3N6/c1-14-12-33(23-20-22(29-13-28-20)30-24(27)31-23)15(2)11-32(14)21(16-3-7-18(25)8-4-16)17-5-9-19(26)10-6-17/h3-10,13-15,21H,11-12H2,1-2H3,(H,28,29,30,31)/t14-,15+/m1/s1. The Morgan fingerprint density at radius 1 is 0.848 bits per heavy atom. The molecule has 2 aromatic heterocycles. The van der Waals surface area contributed by atoms with Gasteiger partial charge in [-0.2, -0.15) is 9.97 Å². The topological polar surface area (TPSA) is 60.9 Å². The van der Waals surface area contributed by atoms with Crippen LogP contribution in [0.5, 0.6) is 0 Å². The lowest BCUT2D eigenvalue weighted by Crippen LogP contribution is -2.57. The number of hydrogen-bond acceptors (Lipinski definition) is 5. The van der Waals surface area contributed by atoms with E-state index < -0.39 is 0 Å². The van der Waals surface area contributed by atoms with E-state index in [0.717, 1.165) is 34.5 Å². The number of aromatic nitrogens is 4. The molecule has 0 spiro atoms. The van der Waals surface area contributed by atoms with Gasteiger partial charge in [-0.3, -0.25) is 4.90 Å². The molecule has 0 saturated carbocycles. The van der Waals surface area contributed by atoms with Crippen molar-refractivity contribution in [3.63, 3.8) is 0 Å². The predicted octanol–water partition coefficient (Wildman–Crippen LogP) is 6.00. The average molecular weight is 502 g/mol. The van der Waals surface area contributed by atoms with Gasteiger partial charge in [-0.05, 0) is 60.8 Å². The van der Waals surface area contributed by atoms with Crippen LogP contribution in [-0.4, -0.2) is 50.0 Å². The van der Waals surface area contributed by atoms with Gasteiger partial charge in [-0.1, -0.05) is 47.5 Å². The molecule has 0 aliphatic carbocycles. The first-order valence-corrected chi connectivity index (χ1v) is 11.9. The Balaban J connectivity index is 1.51. The van der Waals surface area contributed by atoms with Gasteiger partial charge < -0.3 is 9.88 Å². The maximum atomic E-state index is 6.21. The summed E-state index contributed by atoms with van der Waals surface area (Å²) in [5, 5.41) is 1.65. The van der Waals surface area contributed by atoms with Gasteiger partial charge in [0.25, 0.3) is 0 Å². The van der Waals surface area contributed by atoms with Crippen LogP contribution in [0.3, 0.4) is 0 Å². The summed E-state index contributed by atoms with van der Waals surface area (Å²) in [6.45, 7) is 6.05. The van der Waals surface area contributed by atoms with Gasteiger partial charge in [0.15, 0.2) is 11.5 Å². The molecule has 1 fully saturated rings. The normalized spacial score (nSPS) is 19.5. The number of fused-ring (bicyclic) bond motifs is 1. The lowest BCUT2D eigenvalue weighted by Gasteiger charge is -2.48. The van der Waals surface area contributed by atoms with Crippen LogP contribution < -0.4 is 4.90 Å². The summed E-state index contributed by atoms with van der Waals surface area (Å²) < 4.78 is 0. The number of rotatable bonds is 4. The van der Waals surface area contributed by atoms with Crippen molar-refractivity contribution in [1.29, 1.82) is 0 Å². The maximum absolute atomic E-state index is 6.21. The molecule has 5 rings (SSSR count). The van der Waals surface area contributed by atoms with Gasteiger partial charge in [0, 0.05) is 35.2 Å². The van der Waals surface area contributed by atoms with Crippen molar-refractivity contribution in [2.24, 2.45) is 0 Å². The number of nitrogens with zero attached hydrogens (tertiary/aromatic N) is 5. The molecule has 0 radical (unpaired) electrons. The summed E-state index contributed by atoms with van der Waals surface area (Å²) in [6.07, 6.45) is 1.63. The average Bonchev–Trinajstić information content (AvgIpc) is 3.26. The monoisotopic (exact) mass is 500 g/mol. The third-order valence-electron chi connectivity index (χ3n) is 6.25. The highest BCUT2D eigenvalue weighted by Crippen LogP contribution is 2.36. The van der Waals surface area contributed by atoms with Crippen molar-refractivity contribution in [1.82, 2.24) is 24.8 Å². The van der Waals surface area contributed by atoms with Crippen molar-refractivity contribution >= 4 is 51.8 Å². The van der Waals surface area contributed by atoms with Crippen LogP contribution in [0, 0.1) is 0 Å². The SMILES string of the molecule is C[C@@H]1CN(c2nc(Cl)nc3nc[nH]c23)[C@@H](C)CN1C(c1ccc(Cl)cc1)c1ccc(Cl)cc1. The van der Waals surface area contributed by atoms with E-state index in [4.69, 9.17) is 34.8 Å². The van der Waals surface area contributed by atoms with E-state index in [9.17, 15) is 0 Å². The number of piperazine rings is 1. The van der Waals surface area contributed by atoms with E-state index in [1.807, 2.05) is 24.3 Å². The van der Waals surface area contributed by atoms with Gasteiger partial charge >= 0.3 is 0 Å². The number of nitrogens with one attached hydrogen (secondary N) is 1. The fourth-order valence-corrected chi connectivity index (χ4v) is 5.09. The first-order chi connectivity index (χ1) is 15.9. The van der Waals surface area contributed by atoms with Gasteiger partial charge in [0.1, 0.15) is 5.52 Å². The van der Waals surface area contributed by atoms with Crippen molar-refractivity contribution in [3.8, 4) is 0 Å². The molecule has 9 heteroatoms.